The van der Waals surface area contributed by atoms with Gasteiger partial charge in [-0.1, -0.05) is 18.1 Å². The minimum Gasteiger partial charge on any atom is -0.491 e. The maximum absolute atomic E-state index is 11.6. The predicted molar refractivity (Wildman–Crippen MR) is 78.5 cm³/mol. The largest absolute Gasteiger partial charge is 0.491 e. The zero-order valence-corrected chi connectivity index (χ0v) is 11.5. The van der Waals surface area contributed by atoms with Crippen molar-refractivity contribution < 1.29 is 9.53 Å². The third-order valence-corrected chi connectivity index (χ3v) is 2.50. The first-order chi connectivity index (χ1) is 10.2. The van der Waals surface area contributed by atoms with E-state index < -0.39 is 0 Å². The molecular weight excluding hydrogens is 272 g/mol. The molecule has 1 amide bonds. The van der Waals surface area contributed by atoms with Crippen molar-refractivity contribution in [1.82, 2.24) is 20.6 Å². The Kier molecular flexibility index (Phi) is 4.86. The molecule has 2 rings (SSSR count). The molecular formula is C13H16N6O2. The summed E-state index contributed by atoms with van der Waals surface area (Å²) < 4.78 is 5.48. The quantitative estimate of drug-likeness (QED) is 0.543. The van der Waals surface area contributed by atoms with Crippen molar-refractivity contribution in [3.63, 3.8) is 0 Å². The number of ether oxygens (including phenoxy) is 1. The summed E-state index contributed by atoms with van der Waals surface area (Å²) in [7, 11) is 0. The molecule has 0 atom stereocenters. The molecule has 0 aliphatic carbocycles. The Hall–Kier alpha value is -2.90. The SMILES string of the molecule is CCCOc1ccc(/C=C\C(=O)Nc2nn[nH]n2)cc1N. The van der Waals surface area contributed by atoms with Gasteiger partial charge in [-0.05, 0) is 35.4 Å². The number of amides is 1. The van der Waals surface area contributed by atoms with Gasteiger partial charge in [0, 0.05) is 6.08 Å². The lowest BCUT2D eigenvalue weighted by Crippen LogP contribution is -2.09. The first kappa shape index (κ1) is 14.5. The molecule has 1 aromatic carbocycles. The Bertz CT molecular complexity index is 624. The molecule has 1 heterocycles. The summed E-state index contributed by atoms with van der Waals surface area (Å²) in [4.78, 5) is 11.6. The van der Waals surface area contributed by atoms with E-state index in [1.54, 1.807) is 18.2 Å². The van der Waals surface area contributed by atoms with Gasteiger partial charge in [0.15, 0.2) is 0 Å². The van der Waals surface area contributed by atoms with E-state index in [4.69, 9.17) is 10.5 Å². The number of tetrazole rings is 1. The zero-order valence-electron chi connectivity index (χ0n) is 11.5. The van der Waals surface area contributed by atoms with Crippen molar-refractivity contribution in [3.8, 4) is 5.75 Å². The number of hydrogen-bond acceptors (Lipinski definition) is 6. The lowest BCUT2D eigenvalue weighted by atomic mass is 10.1. The highest BCUT2D eigenvalue weighted by atomic mass is 16.5. The van der Waals surface area contributed by atoms with E-state index in [0.29, 0.717) is 18.0 Å². The highest BCUT2D eigenvalue weighted by molar-refractivity contribution is 6.00. The maximum Gasteiger partial charge on any atom is 0.270 e. The van der Waals surface area contributed by atoms with Crippen LogP contribution < -0.4 is 15.8 Å². The van der Waals surface area contributed by atoms with Gasteiger partial charge in [0.25, 0.3) is 11.9 Å². The summed E-state index contributed by atoms with van der Waals surface area (Å²) in [6, 6.07) is 5.34. The Morgan fingerprint density at radius 2 is 2.38 bits per heavy atom. The minimum absolute atomic E-state index is 0.118. The number of aromatic nitrogens is 4. The number of hydrogen-bond donors (Lipinski definition) is 3. The highest BCUT2D eigenvalue weighted by Crippen LogP contribution is 2.23. The second-order valence-electron chi connectivity index (χ2n) is 4.20. The molecule has 0 unspecified atom stereocenters. The Balaban J connectivity index is 1.97. The second kappa shape index (κ2) is 7.04. The van der Waals surface area contributed by atoms with E-state index in [2.05, 4.69) is 25.9 Å². The number of aromatic amines is 1. The minimum atomic E-state index is -0.360. The van der Waals surface area contributed by atoms with E-state index in [-0.39, 0.29) is 11.9 Å². The average molecular weight is 288 g/mol. The number of carbonyl (C=O) groups is 1. The van der Waals surface area contributed by atoms with Gasteiger partial charge in [-0.25, -0.2) is 0 Å². The van der Waals surface area contributed by atoms with Crippen molar-refractivity contribution in [2.24, 2.45) is 0 Å². The molecule has 0 radical (unpaired) electrons. The molecule has 0 fully saturated rings. The van der Waals surface area contributed by atoms with E-state index in [9.17, 15) is 4.79 Å². The topological polar surface area (TPSA) is 119 Å². The number of benzene rings is 1. The molecule has 0 bridgehead atoms. The monoisotopic (exact) mass is 288 g/mol. The summed E-state index contributed by atoms with van der Waals surface area (Å²) in [5, 5.41) is 15.3. The van der Waals surface area contributed by atoms with E-state index in [1.165, 1.54) is 6.08 Å². The number of nitrogen functional groups attached to an aromatic ring is 1. The first-order valence-electron chi connectivity index (χ1n) is 6.44. The van der Waals surface area contributed by atoms with Crippen LogP contribution in [0.2, 0.25) is 0 Å². The molecule has 21 heavy (non-hydrogen) atoms. The van der Waals surface area contributed by atoms with Crippen LogP contribution in [0.1, 0.15) is 18.9 Å². The lowest BCUT2D eigenvalue weighted by molar-refractivity contribution is -0.111. The Labute approximate surface area is 121 Å². The third-order valence-electron chi connectivity index (χ3n) is 2.50. The molecule has 1 aromatic heterocycles. The van der Waals surface area contributed by atoms with E-state index in [0.717, 1.165) is 12.0 Å². The van der Waals surface area contributed by atoms with Crippen molar-refractivity contribution >= 4 is 23.6 Å². The molecule has 4 N–H and O–H groups in total. The Morgan fingerprint density at radius 3 is 3.05 bits per heavy atom. The molecule has 110 valence electrons. The van der Waals surface area contributed by atoms with Gasteiger partial charge >= 0.3 is 0 Å². The summed E-state index contributed by atoms with van der Waals surface area (Å²) in [6.45, 7) is 2.64. The molecule has 2 aromatic rings. The fourth-order valence-electron chi connectivity index (χ4n) is 1.55. The van der Waals surface area contributed by atoms with Gasteiger partial charge in [0.1, 0.15) is 5.75 Å². The van der Waals surface area contributed by atoms with Crippen LogP contribution in [0.4, 0.5) is 11.6 Å². The van der Waals surface area contributed by atoms with Gasteiger partial charge in [-0.15, -0.1) is 5.10 Å². The third kappa shape index (κ3) is 4.30. The smallest absolute Gasteiger partial charge is 0.270 e. The van der Waals surface area contributed by atoms with Crippen molar-refractivity contribution in [2.75, 3.05) is 17.7 Å². The number of nitrogens with zero attached hydrogens (tertiary/aromatic N) is 3. The molecule has 0 spiro atoms. The normalized spacial score (nSPS) is 10.7. The van der Waals surface area contributed by atoms with Gasteiger partial charge < -0.3 is 10.5 Å². The van der Waals surface area contributed by atoms with E-state index in [1.807, 2.05) is 13.0 Å². The predicted octanol–water partition coefficient (Wildman–Crippen LogP) is 1.22. The molecule has 0 saturated carbocycles. The fourth-order valence-corrected chi connectivity index (χ4v) is 1.55. The first-order valence-corrected chi connectivity index (χ1v) is 6.44. The molecule has 0 saturated heterocycles. The van der Waals surface area contributed by atoms with Gasteiger partial charge in [-0.2, -0.15) is 5.21 Å². The number of anilines is 2. The summed E-state index contributed by atoms with van der Waals surface area (Å²) in [6.07, 6.45) is 3.91. The molecule has 8 heteroatoms. The highest BCUT2D eigenvalue weighted by Gasteiger charge is 2.03. The lowest BCUT2D eigenvalue weighted by Gasteiger charge is -2.08. The average Bonchev–Trinajstić information content (AvgIpc) is 2.97. The molecule has 8 nitrogen and oxygen atoms in total. The summed E-state index contributed by atoms with van der Waals surface area (Å²) in [5.41, 5.74) is 7.21. The number of nitrogens with two attached hydrogens (primary N) is 1. The Morgan fingerprint density at radius 1 is 1.52 bits per heavy atom. The van der Waals surface area contributed by atoms with Crippen LogP contribution in [0.25, 0.3) is 6.08 Å². The number of nitrogens with one attached hydrogen (secondary N) is 2. The van der Waals surface area contributed by atoms with Crippen LogP contribution in [0.15, 0.2) is 24.3 Å². The molecule has 0 aliphatic rings. The standard InChI is InChI=1S/C13H16N6O2/c1-2-7-21-11-5-3-9(8-10(11)14)4-6-12(20)15-13-16-18-19-17-13/h3-6,8H,2,7,14H2,1H3,(H2,15,16,17,18,19,20)/b6-4-. The van der Waals surface area contributed by atoms with Gasteiger partial charge in [0.05, 0.1) is 12.3 Å². The van der Waals surface area contributed by atoms with Crippen LogP contribution in [0.3, 0.4) is 0 Å². The number of H-pyrrole nitrogens is 1. The number of carbonyl (C=O) groups excluding carboxylic acids is 1. The van der Waals surface area contributed by atoms with Crippen LogP contribution in [-0.2, 0) is 4.79 Å². The van der Waals surface area contributed by atoms with Gasteiger partial charge in [-0.3, -0.25) is 10.1 Å². The van der Waals surface area contributed by atoms with Crippen LogP contribution >= 0.6 is 0 Å². The fraction of sp³-hybridized carbons (Fsp3) is 0.231. The summed E-state index contributed by atoms with van der Waals surface area (Å²) in [5.74, 6) is 0.402. The molecule has 0 aliphatic heterocycles. The second-order valence-corrected chi connectivity index (χ2v) is 4.20. The van der Waals surface area contributed by atoms with Crippen LogP contribution in [0, 0.1) is 0 Å². The van der Waals surface area contributed by atoms with E-state index >= 15 is 0 Å². The van der Waals surface area contributed by atoms with Crippen molar-refractivity contribution in [1.29, 1.82) is 0 Å². The summed E-state index contributed by atoms with van der Waals surface area (Å²) >= 11 is 0. The maximum atomic E-state index is 11.6. The van der Waals surface area contributed by atoms with Gasteiger partial charge in [0.2, 0.25) is 0 Å². The zero-order chi connectivity index (χ0) is 15.1. The van der Waals surface area contributed by atoms with Crippen LogP contribution in [-0.4, -0.2) is 33.1 Å². The van der Waals surface area contributed by atoms with Crippen molar-refractivity contribution in [2.45, 2.75) is 13.3 Å². The van der Waals surface area contributed by atoms with Crippen molar-refractivity contribution in [3.05, 3.63) is 29.8 Å². The number of rotatable bonds is 6. The van der Waals surface area contributed by atoms with Crippen LogP contribution in [0.5, 0.6) is 5.75 Å².